The monoisotopic (exact) mass is 593 g/mol. The molecule has 0 spiro atoms. The van der Waals surface area contributed by atoms with E-state index in [0.717, 1.165) is 29.3 Å². The molecule has 1 aromatic heterocycles. The van der Waals surface area contributed by atoms with Crippen LogP contribution in [0.4, 0.5) is 0 Å². The van der Waals surface area contributed by atoms with Gasteiger partial charge in [-0.15, -0.1) is 0 Å². The summed E-state index contributed by atoms with van der Waals surface area (Å²) < 4.78 is 0. The van der Waals surface area contributed by atoms with E-state index in [1.165, 1.54) is 0 Å². The topological polar surface area (TPSA) is 97.8 Å². The number of aliphatic hydroxyl groups is 2. The van der Waals surface area contributed by atoms with Crippen molar-refractivity contribution in [3.63, 3.8) is 0 Å². The molecule has 7 nitrogen and oxygen atoms in total. The maximum atomic E-state index is 14.1. The lowest BCUT2D eigenvalue weighted by Gasteiger charge is -2.49. The number of aromatic nitrogens is 1. The summed E-state index contributed by atoms with van der Waals surface area (Å²) in [5, 5.41) is 24.8. The first-order chi connectivity index (χ1) is 19.9. The lowest BCUT2D eigenvalue weighted by Crippen LogP contribution is -2.56. The molecular weight excluding hydrogens is 561 g/mol. The average Bonchev–Trinajstić information content (AvgIpc) is 3.39. The van der Waals surface area contributed by atoms with Crippen molar-refractivity contribution in [2.24, 2.45) is 0 Å². The standard InChI is InChI=1S/C32H33Cl2N3O4/c33-20-13-14-24(25(34)17-20)30-29(31(39)36-41-16-15-19-18-35-26-10-4-3-7-21(19)26)22-8-1-2-9-23(22)32(40)37(30)27-11-5-6-12-28(27)38/h1-4,7-10,13-14,17-18,27-31,35-36,38-39H,5-6,11-12,15-16H2/t27-,28-,29+,30-,31?/m0/s1. The third kappa shape index (κ3) is 5.50. The van der Waals surface area contributed by atoms with Gasteiger partial charge in [0.05, 0.1) is 30.7 Å². The van der Waals surface area contributed by atoms with Gasteiger partial charge in [0.15, 0.2) is 0 Å². The zero-order chi connectivity index (χ0) is 28.5. The van der Waals surface area contributed by atoms with Gasteiger partial charge in [0, 0.05) is 32.7 Å². The number of para-hydroxylation sites is 1. The van der Waals surface area contributed by atoms with Crippen LogP contribution in [0, 0.1) is 0 Å². The van der Waals surface area contributed by atoms with Gasteiger partial charge in [-0.1, -0.05) is 78.5 Å². The molecule has 6 rings (SSSR count). The summed E-state index contributed by atoms with van der Waals surface area (Å²) >= 11 is 13.0. The minimum atomic E-state index is -1.19. The third-order valence-electron chi connectivity index (χ3n) is 8.45. The van der Waals surface area contributed by atoms with Gasteiger partial charge >= 0.3 is 0 Å². The molecule has 0 radical (unpaired) electrons. The summed E-state index contributed by atoms with van der Waals surface area (Å²) in [4.78, 5) is 24.9. The van der Waals surface area contributed by atoms with E-state index in [4.69, 9.17) is 28.0 Å². The molecule has 2 heterocycles. The Hall–Kier alpha value is -2.91. The van der Waals surface area contributed by atoms with E-state index in [0.29, 0.717) is 52.6 Å². The largest absolute Gasteiger partial charge is 0.391 e. The minimum absolute atomic E-state index is 0.189. The molecule has 5 atom stereocenters. The predicted octanol–water partition coefficient (Wildman–Crippen LogP) is 6.14. The number of hydrogen-bond donors (Lipinski definition) is 4. The number of nitrogens with zero attached hydrogens (tertiary/aromatic N) is 1. The summed E-state index contributed by atoms with van der Waals surface area (Å²) in [6.45, 7) is 0.323. The van der Waals surface area contributed by atoms with E-state index in [-0.39, 0.29) is 5.91 Å². The number of rotatable bonds is 8. The maximum Gasteiger partial charge on any atom is 0.255 e. The van der Waals surface area contributed by atoms with Gasteiger partial charge in [-0.2, -0.15) is 5.48 Å². The van der Waals surface area contributed by atoms with E-state index < -0.39 is 30.3 Å². The van der Waals surface area contributed by atoms with E-state index in [1.54, 1.807) is 29.2 Å². The van der Waals surface area contributed by atoms with Crippen LogP contribution < -0.4 is 5.48 Å². The zero-order valence-corrected chi connectivity index (χ0v) is 24.0. The molecule has 4 aromatic rings. The number of aliphatic hydroxyl groups excluding tert-OH is 2. The molecule has 2 aliphatic rings. The second-order valence-electron chi connectivity index (χ2n) is 10.9. The number of aromatic amines is 1. The van der Waals surface area contributed by atoms with Gasteiger partial charge in [-0.3, -0.25) is 9.63 Å². The van der Waals surface area contributed by atoms with Gasteiger partial charge in [0.2, 0.25) is 0 Å². The van der Waals surface area contributed by atoms with Gasteiger partial charge in [-0.25, -0.2) is 0 Å². The second kappa shape index (κ2) is 12.1. The van der Waals surface area contributed by atoms with Crippen LogP contribution in [0.15, 0.2) is 72.9 Å². The first kappa shape index (κ1) is 28.2. The van der Waals surface area contributed by atoms with Gasteiger partial charge in [0.1, 0.15) is 6.23 Å². The van der Waals surface area contributed by atoms with E-state index >= 15 is 0 Å². The maximum absolute atomic E-state index is 14.1. The Kier molecular flexibility index (Phi) is 8.35. The number of benzene rings is 3. The molecule has 0 saturated heterocycles. The quantitative estimate of drug-likeness (QED) is 0.112. The number of halogens is 2. The molecule has 1 aliphatic heterocycles. The van der Waals surface area contributed by atoms with Crippen LogP contribution in [0.25, 0.3) is 10.9 Å². The molecule has 1 unspecified atom stereocenters. The van der Waals surface area contributed by atoms with Crippen molar-refractivity contribution in [2.45, 2.75) is 62.4 Å². The van der Waals surface area contributed by atoms with Crippen LogP contribution in [0.2, 0.25) is 10.0 Å². The smallest absolute Gasteiger partial charge is 0.255 e. The normalized spacial score (nSPS) is 23.5. The number of H-pyrrole nitrogens is 1. The number of fused-ring (bicyclic) bond motifs is 2. The number of amides is 1. The molecule has 1 aliphatic carbocycles. The highest BCUT2D eigenvalue weighted by Gasteiger charge is 2.48. The Bertz CT molecular complexity index is 1540. The van der Waals surface area contributed by atoms with Crippen molar-refractivity contribution in [2.75, 3.05) is 6.61 Å². The van der Waals surface area contributed by atoms with Crippen LogP contribution in [0.5, 0.6) is 0 Å². The molecule has 4 N–H and O–H groups in total. The van der Waals surface area contributed by atoms with Gasteiger partial charge in [0.25, 0.3) is 5.91 Å². The van der Waals surface area contributed by atoms with E-state index in [1.807, 2.05) is 42.6 Å². The number of nitrogens with one attached hydrogen (secondary N) is 2. The van der Waals surface area contributed by atoms with Crippen LogP contribution >= 0.6 is 23.2 Å². The highest BCUT2D eigenvalue weighted by molar-refractivity contribution is 6.35. The fraction of sp³-hybridized carbons (Fsp3) is 0.344. The molecular formula is C32H33Cl2N3O4. The number of carbonyl (C=O) groups excluding carboxylic acids is 1. The molecule has 1 saturated carbocycles. The van der Waals surface area contributed by atoms with Crippen molar-refractivity contribution < 1.29 is 19.8 Å². The van der Waals surface area contributed by atoms with E-state index in [9.17, 15) is 15.0 Å². The highest BCUT2D eigenvalue weighted by Crippen LogP contribution is 2.48. The zero-order valence-electron chi connectivity index (χ0n) is 22.5. The predicted molar refractivity (Wildman–Crippen MR) is 160 cm³/mol. The first-order valence-corrected chi connectivity index (χ1v) is 14.8. The van der Waals surface area contributed by atoms with Gasteiger partial charge < -0.3 is 20.1 Å². The lowest BCUT2D eigenvalue weighted by atomic mass is 9.76. The Balaban J connectivity index is 1.32. The van der Waals surface area contributed by atoms with E-state index in [2.05, 4.69) is 16.5 Å². The summed E-state index contributed by atoms with van der Waals surface area (Å²) in [6, 6.07) is 19.5. The fourth-order valence-electron chi connectivity index (χ4n) is 6.51. The number of hydroxylamine groups is 1. The van der Waals surface area contributed by atoms with Crippen molar-refractivity contribution in [3.05, 3.63) is 105 Å². The molecule has 41 heavy (non-hydrogen) atoms. The highest BCUT2D eigenvalue weighted by atomic mass is 35.5. The Labute approximate surface area is 249 Å². The Morgan fingerprint density at radius 3 is 2.63 bits per heavy atom. The summed E-state index contributed by atoms with van der Waals surface area (Å²) in [7, 11) is 0. The average molecular weight is 595 g/mol. The van der Waals surface area contributed by atoms with Crippen molar-refractivity contribution in [3.8, 4) is 0 Å². The first-order valence-electron chi connectivity index (χ1n) is 14.1. The Morgan fingerprint density at radius 2 is 1.80 bits per heavy atom. The summed E-state index contributed by atoms with van der Waals surface area (Å²) in [5.41, 5.74) is 6.88. The minimum Gasteiger partial charge on any atom is -0.391 e. The van der Waals surface area contributed by atoms with Crippen LogP contribution in [0.3, 0.4) is 0 Å². The second-order valence-corrected chi connectivity index (χ2v) is 11.7. The Morgan fingerprint density at radius 1 is 1.02 bits per heavy atom. The van der Waals surface area contributed by atoms with Crippen molar-refractivity contribution >= 4 is 40.0 Å². The van der Waals surface area contributed by atoms with Crippen LogP contribution in [-0.4, -0.2) is 51.0 Å². The fourth-order valence-corrected chi connectivity index (χ4v) is 7.03. The van der Waals surface area contributed by atoms with Crippen LogP contribution in [-0.2, 0) is 11.3 Å². The molecule has 9 heteroatoms. The number of carbonyl (C=O) groups is 1. The van der Waals surface area contributed by atoms with Gasteiger partial charge in [-0.05, 0) is 60.2 Å². The summed E-state index contributed by atoms with van der Waals surface area (Å²) in [5.74, 6) is -0.823. The molecule has 214 valence electrons. The molecule has 0 bridgehead atoms. The molecule has 3 aromatic carbocycles. The molecule has 1 amide bonds. The van der Waals surface area contributed by atoms with Crippen molar-refractivity contribution in [1.82, 2.24) is 15.4 Å². The lowest BCUT2D eigenvalue weighted by molar-refractivity contribution is -0.0861. The van der Waals surface area contributed by atoms with Crippen LogP contribution in [0.1, 0.15) is 64.7 Å². The van der Waals surface area contributed by atoms with Crippen molar-refractivity contribution in [1.29, 1.82) is 0 Å². The molecule has 1 fully saturated rings. The SMILES string of the molecule is O=C1c2ccccc2[C@@H](C(O)NOCCc2c[nH]c3ccccc23)[C@H](c2ccc(Cl)cc2Cl)N1[C@H]1CCCC[C@@H]1O. The summed E-state index contributed by atoms with van der Waals surface area (Å²) in [6.07, 6.45) is 3.82. The number of hydrogen-bond acceptors (Lipinski definition) is 5. The third-order valence-corrected chi connectivity index (χ3v) is 9.01.